The number of carbonyl (C=O) groups excluding carboxylic acids is 1. The lowest BCUT2D eigenvalue weighted by Crippen LogP contribution is -2.23. The van der Waals surface area contributed by atoms with Gasteiger partial charge in [-0.25, -0.2) is 4.39 Å². The van der Waals surface area contributed by atoms with Gasteiger partial charge in [-0.2, -0.15) is 4.99 Å². The van der Waals surface area contributed by atoms with Crippen molar-refractivity contribution in [3.05, 3.63) is 60.3 Å². The van der Waals surface area contributed by atoms with Crippen LogP contribution in [0.1, 0.15) is 18.4 Å². The van der Waals surface area contributed by atoms with Crippen molar-refractivity contribution >= 4 is 17.6 Å². The summed E-state index contributed by atoms with van der Waals surface area (Å²) >= 11 is 0. The van der Waals surface area contributed by atoms with Gasteiger partial charge in [-0.3, -0.25) is 4.79 Å². The second-order valence-electron chi connectivity index (χ2n) is 5.27. The summed E-state index contributed by atoms with van der Waals surface area (Å²) in [6.07, 6.45) is 5.49. The number of nitrogens with one attached hydrogen (secondary N) is 1. The Labute approximate surface area is 131 Å². The second kappa shape index (κ2) is 6.04. The zero-order valence-corrected chi connectivity index (χ0v) is 12.2. The molecule has 0 saturated heterocycles. The van der Waals surface area contributed by atoms with Crippen LogP contribution in [0.15, 0.2) is 58.4 Å². The van der Waals surface area contributed by atoms with Gasteiger partial charge in [0.05, 0.1) is 5.41 Å². The molecule has 23 heavy (non-hydrogen) atoms. The minimum atomic E-state index is -0.872. The van der Waals surface area contributed by atoms with Crippen molar-refractivity contribution < 1.29 is 13.7 Å². The number of amides is 1. The van der Waals surface area contributed by atoms with Crippen LogP contribution < -0.4 is 11.1 Å². The van der Waals surface area contributed by atoms with Gasteiger partial charge >= 0.3 is 0 Å². The van der Waals surface area contributed by atoms with Crippen LogP contribution in [0.25, 0.3) is 0 Å². The third kappa shape index (κ3) is 3.13. The van der Waals surface area contributed by atoms with Gasteiger partial charge in [0.15, 0.2) is 5.82 Å². The Morgan fingerprint density at radius 3 is 2.83 bits per heavy atom. The Bertz CT molecular complexity index is 764. The average molecular weight is 314 g/mol. The molecule has 7 heteroatoms. The van der Waals surface area contributed by atoms with E-state index >= 15 is 0 Å². The topological polar surface area (TPSA) is 93.5 Å². The van der Waals surface area contributed by atoms with E-state index in [2.05, 4.69) is 20.0 Å². The van der Waals surface area contributed by atoms with Crippen molar-refractivity contribution in [1.82, 2.24) is 5.16 Å². The monoisotopic (exact) mass is 314 g/mol. The Hall–Kier alpha value is -2.96. The number of benzene rings is 1. The summed E-state index contributed by atoms with van der Waals surface area (Å²) in [4.78, 5) is 16.2. The number of carbonyl (C=O) groups is 1. The van der Waals surface area contributed by atoms with E-state index < -0.39 is 17.1 Å². The van der Waals surface area contributed by atoms with Crippen molar-refractivity contribution in [2.24, 2.45) is 10.7 Å². The van der Waals surface area contributed by atoms with Gasteiger partial charge in [-0.15, -0.1) is 0 Å². The van der Waals surface area contributed by atoms with E-state index in [-0.39, 0.29) is 5.84 Å². The van der Waals surface area contributed by atoms with Crippen molar-refractivity contribution in [2.75, 3.05) is 5.32 Å². The lowest BCUT2D eigenvalue weighted by atomic mass is 9.94. The first-order chi connectivity index (χ1) is 11.1. The highest BCUT2D eigenvalue weighted by atomic mass is 19.1. The summed E-state index contributed by atoms with van der Waals surface area (Å²) in [6.45, 7) is 0. The summed E-state index contributed by atoms with van der Waals surface area (Å²) in [6, 6.07) is 7.89. The number of nitrogens with zero attached hydrogens (tertiary/aromatic N) is 2. The largest absolute Gasteiger partial charge is 0.384 e. The molecule has 1 aliphatic rings. The van der Waals surface area contributed by atoms with Gasteiger partial charge in [0.2, 0.25) is 0 Å². The number of hydrogen-bond acceptors (Lipinski definition) is 4. The van der Waals surface area contributed by atoms with Gasteiger partial charge in [0, 0.05) is 17.8 Å². The molecule has 1 aromatic carbocycles. The maximum absolute atomic E-state index is 13.9. The highest BCUT2D eigenvalue weighted by Gasteiger charge is 2.52. The van der Waals surface area contributed by atoms with Crippen LogP contribution in [-0.4, -0.2) is 16.9 Å². The lowest BCUT2D eigenvalue weighted by molar-refractivity contribution is -0.120. The highest BCUT2D eigenvalue weighted by molar-refractivity contribution is 6.04. The van der Waals surface area contributed by atoms with E-state index in [4.69, 9.17) is 5.73 Å². The molecular weight excluding hydrogens is 299 g/mol. The number of aliphatic imine (C=N–C) groups is 1. The van der Waals surface area contributed by atoms with Crippen LogP contribution in [0.3, 0.4) is 0 Å². The normalized spacial score (nSPS) is 16.5. The second-order valence-corrected chi connectivity index (χ2v) is 5.27. The van der Waals surface area contributed by atoms with Crippen molar-refractivity contribution in [3.63, 3.8) is 0 Å². The Kier molecular flexibility index (Phi) is 3.92. The molecule has 3 rings (SSSR count). The molecule has 1 aromatic heterocycles. The minimum absolute atomic E-state index is 0.0357. The van der Waals surface area contributed by atoms with E-state index in [1.165, 1.54) is 24.6 Å². The SMILES string of the molecule is NC(/C=C\Nc1ccon1)=NC(=O)C1(c2ccccc2F)CC1. The number of aromatic nitrogens is 1. The van der Waals surface area contributed by atoms with Gasteiger partial charge in [-0.1, -0.05) is 23.4 Å². The first-order valence-electron chi connectivity index (χ1n) is 7.09. The molecular formula is C16H15FN4O2. The number of halogens is 1. The van der Waals surface area contributed by atoms with Gasteiger partial charge in [-0.05, 0) is 25.0 Å². The Balaban J connectivity index is 1.70. The predicted octanol–water partition coefficient (Wildman–Crippen LogP) is 2.35. The molecule has 118 valence electrons. The van der Waals surface area contributed by atoms with Crippen molar-refractivity contribution in [1.29, 1.82) is 0 Å². The van der Waals surface area contributed by atoms with Gasteiger partial charge in [0.1, 0.15) is 17.9 Å². The number of nitrogens with two attached hydrogens (primary N) is 1. The molecule has 3 N–H and O–H groups in total. The fourth-order valence-electron chi connectivity index (χ4n) is 2.33. The zero-order chi connectivity index (χ0) is 16.3. The number of rotatable bonds is 5. The van der Waals surface area contributed by atoms with Crippen LogP contribution in [0.4, 0.5) is 10.2 Å². The maximum Gasteiger partial charge on any atom is 0.258 e. The molecule has 6 nitrogen and oxygen atoms in total. The van der Waals surface area contributed by atoms with Crippen molar-refractivity contribution in [2.45, 2.75) is 18.3 Å². The highest BCUT2D eigenvalue weighted by Crippen LogP contribution is 2.50. The summed E-state index contributed by atoms with van der Waals surface area (Å²) in [7, 11) is 0. The summed E-state index contributed by atoms with van der Waals surface area (Å²) < 4.78 is 18.6. The minimum Gasteiger partial charge on any atom is -0.384 e. The Morgan fingerprint density at radius 1 is 1.39 bits per heavy atom. The number of anilines is 1. The summed E-state index contributed by atoms with van der Waals surface area (Å²) in [5, 5.41) is 6.45. The summed E-state index contributed by atoms with van der Waals surface area (Å²) in [5.41, 5.74) is 5.23. The lowest BCUT2D eigenvalue weighted by Gasteiger charge is -2.12. The molecule has 0 bridgehead atoms. The molecule has 0 radical (unpaired) electrons. The van der Waals surface area contributed by atoms with Crippen LogP contribution in [0.5, 0.6) is 0 Å². The molecule has 0 unspecified atom stereocenters. The van der Waals surface area contributed by atoms with E-state index in [0.717, 1.165) is 0 Å². The van der Waals surface area contributed by atoms with E-state index in [1.807, 2.05) is 0 Å². The summed E-state index contributed by atoms with van der Waals surface area (Å²) in [5.74, 6) is -0.277. The quantitative estimate of drug-likeness (QED) is 0.652. The molecule has 0 atom stereocenters. The average Bonchev–Trinajstić information content (AvgIpc) is 3.18. The van der Waals surface area contributed by atoms with Crippen LogP contribution in [-0.2, 0) is 10.2 Å². The fourth-order valence-corrected chi connectivity index (χ4v) is 2.33. The fraction of sp³-hybridized carbons (Fsp3) is 0.188. The van der Waals surface area contributed by atoms with E-state index in [9.17, 15) is 9.18 Å². The molecule has 1 fully saturated rings. The third-order valence-electron chi connectivity index (χ3n) is 3.70. The van der Waals surface area contributed by atoms with Crippen LogP contribution in [0.2, 0.25) is 0 Å². The molecule has 1 heterocycles. The maximum atomic E-state index is 13.9. The third-order valence-corrected chi connectivity index (χ3v) is 3.70. The smallest absolute Gasteiger partial charge is 0.258 e. The van der Waals surface area contributed by atoms with E-state index in [0.29, 0.717) is 24.2 Å². The molecule has 1 amide bonds. The van der Waals surface area contributed by atoms with Gasteiger partial charge < -0.3 is 15.6 Å². The number of hydrogen-bond donors (Lipinski definition) is 2. The predicted molar refractivity (Wildman–Crippen MR) is 83.2 cm³/mol. The zero-order valence-electron chi connectivity index (χ0n) is 12.2. The van der Waals surface area contributed by atoms with Crippen molar-refractivity contribution in [3.8, 4) is 0 Å². The Morgan fingerprint density at radius 2 is 2.17 bits per heavy atom. The molecule has 0 spiro atoms. The molecule has 1 aliphatic carbocycles. The molecule has 2 aromatic rings. The first kappa shape index (κ1) is 15.0. The van der Waals surface area contributed by atoms with Gasteiger partial charge in [0.25, 0.3) is 5.91 Å². The van der Waals surface area contributed by atoms with E-state index in [1.54, 1.807) is 24.3 Å². The van der Waals surface area contributed by atoms with Crippen LogP contribution >= 0.6 is 0 Å². The molecule has 0 aliphatic heterocycles. The van der Waals surface area contributed by atoms with Crippen LogP contribution in [0, 0.1) is 5.82 Å². The first-order valence-corrected chi connectivity index (χ1v) is 7.09. The number of amidine groups is 1. The molecule has 1 saturated carbocycles. The standard InChI is InChI=1S/C16H15FN4O2/c17-12-4-2-1-3-11(12)16(7-8-16)15(22)20-13(18)5-9-19-14-6-10-23-21-14/h1-6,9-10H,7-8H2,(H,19,21)(H2,18,20,22)/b9-5-.